The summed E-state index contributed by atoms with van der Waals surface area (Å²) in [5.41, 5.74) is 5.71. The van der Waals surface area contributed by atoms with Crippen LogP contribution in [0.25, 0.3) is 0 Å². The van der Waals surface area contributed by atoms with Crippen molar-refractivity contribution in [1.82, 2.24) is 25.9 Å². The van der Waals surface area contributed by atoms with E-state index in [1.54, 1.807) is 13.8 Å². The molecule has 26 heavy (non-hydrogen) atoms. The summed E-state index contributed by atoms with van der Waals surface area (Å²) in [6.45, 7) is 2.70. The second-order valence-corrected chi connectivity index (χ2v) is 5.95. The van der Waals surface area contributed by atoms with Crippen LogP contribution in [0.1, 0.15) is 19.5 Å². The summed E-state index contributed by atoms with van der Waals surface area (Å²) in [6.07, 6.45) is 2.98. The Balaban J connectivity index is 2.80. The van der Waals surface area contributed by atoms with Crippen LogP contribution in [0, 0.1) is 5.92 Å². The van der Waals surface area contributed by atoms with Crippen molar-refractivity contribution in [1.29, 1.82) is 0 Å². The van der Waals surface area contributed by atoms with E-state index in [0.717, 1.165) is 0 Å². The van der Waals surface area contributed by atoms with E-state index in [-0.39, 0.29) is 25.4 Å². The fourth-order valence-electron chi connectivity index (χ4n) is 2.09. The lowest BCUT2D eigenvalue weighted by Crippen LogP contribution is -2.55. The van der Waals surface area contributed by atoms with Crippen LogP contribution < -0.4 is 21.7 Å². The maximum Gasteiger partial charge on any atom is 0.326 e. The monoisotopic (exact) mass is 368 g/mol. The van der Waals surface area contributed by atoms with Crippen molar-refractivity contribution < 1.29 is 24.3 Å². The molecule has 0 bridgehead atoms. The van der Waals surface area contributed by atoms with Gasteiger partial charge in [-0.15, -0.1) is 0 Å². The molecule has 2 unspecified atom stereocenters. The summed E-state index contributed by atoms with van der Waals surface area (Å²) in [5, 5.41) is 16.4. The lowest BCUT2D eigenvalue weighted by atomic mass is 10.0. The quantitative estimate of drug-likeness (QED) is 0.269. The van der Waals surface area contributed by atoms with Gasteiger partial charge in [-0.1, -0.05) is 13.8 Å². The minimum absolute atomic E-state index is 0.0762. The Morgan fingerprint density at radius 3 is 2.42 bits per heavy atom. The number of hydrogen-bond donors (Lipinski definition) is 6. The predicted molar refractivity (Wildman–Crippen MR) is 90.7 cm³/mol. The second kappa shape index (κ2) is 10.1. The Bertz CT molecular complexity index is 630. The van der Waals surface area contributed by atoms with Gasteiger partial charge in [0, 0.05) is 18.3 Å². The number of carbonyl (C=O) groups excluding carboxylic acids is 3. The minimum atomic E-state index is -1.17. The zero-order valence-electron chi connectivity index (χ0n) is 14.6. The fourth-order valence-corrected chi connectivity index (χ4v) is 2.09. The van der Waals surface area contributed by atoms with Crippen LogP contribution in [-0.4, -0.2) is 63.9 Å². The van der Waals surface area contributed by atoms with Gasteiger partial charge in [0.05, 0.1) is 19.4 Å². The van der Waals surface area contributed by atoms with Gasteiger partial charge in [0.15, 0.2) is 0 Å². The highest BCUT2D eigenvalue weighted by Gasteiger charge is 2.28. The van der Waals surface area contributed by atoms with Crippen molar-refractivity contribution in [3.63, 3.8) is 0 Å². The van der Waals surface area contributed by atoms with E-state index in [0.29, 0.717) is 5.69 Å². The predicted octanol–water partition coefficient (Wildman–Crippen LogP) is -2.26. The Hall–Kier alpha value is -2.95. The first-order valence-electron chi connectivity index (χ1n) is 8.01. The van der Waals surface area contributed by atoms with E-state index in [1.165, 1.54) is 12.5 Å². The molecule has 0 aliphatic rings. The molecule has 0 aromatic carbocycles. The largest absolute Gasteiger partial charge is 0.480 e. The van der Waals surface area contributed by atoms with Crippen molar-refractivity contribution in [2.45, 2.75) is 32.4 Å². The molecule has 0 radical (unpaired) electrons. The third-order valence-electron chi connectivity index (χ3n) is 3.49. The van der Waals surface area contributed by atoms with Gasteiger partial charge in [-0.25, -0.2) is 9.78 Å². The number of nitrogens with zero attached hydrogens (tertiary/aromatic N) is 1. The molecular weight excluding hydrogens is 344 g/mol. The Labute approximate surface area is 150 Å². The first-order chi connectivity index (χ1) is 12.2. The maximum atomic E-state index is 12.5. The molecule has 1 aromatic heterocycles. The first-order valence-corrected chi connectivity index (χ1v) is 8.01. The fraction of sp³-hybridized carbons (Fsp3) is 0.533. The molecular formula is C15H24N6O5. The number of nitrogens with two attached hydrogens (primary N) is 1. The Morgan fingerprint density at radius 1 is 1.23 bits per heavy atom. The van der Waals surface area contributed by atoms with Gasteiger partial charge in [0.1, 0.15) is 12.1 Å². The third-order valence-corrected chi connectivity index (χ3v) is 3.49. The van der Waals surface area contributed by atoms with Crippen molar-refractivity contribution in [2.75, 3.05) is 13.1 Å². The summed E-state index contributed by atoms with van der Waals surface area (Å²) in [4.78, 5) is 53.5. The number of carbonyl (C=O) groups is 4. The van der Waals surface area contributed by atoms with E-state index < -0.39 is 35.8 Å². The van der Waals surface area contributed by atoms with Crippen LogP contribution in [0.2, 0.25) is 0 Å². The number of aromatic amines is 1. The van der Waals surface area contributed by atoms with Gasteiger partial charge in [-0.05, 0) is 5.92 Å². The number of carboxylic acid groups (broad SMARTS) is 1. The van der Waals surface area contributed by atoms with Crippen molar-refractivity contribution in [3.8, 4) is 0 Å². The summed E-state index contributed by atoms with van der Waals surface area (Å²) >= 11 is 0. The smallest absolute Gasteiger partial charge is 0.326 e. The average Bonchev–Trinajstić information content (AvgIpc) is 3.09. The molecule has 11 nitrogen and oxygen atoms in total. The second-order valence-electron chi connectivity index (χ2n) is 5.95. The molecule has 1 rings (SSSR count). The number of hydrogen-bond acceptors (Lipinski definition) is 6. The number of rotatable bonds is 10. The normalized spacial score (nSPS) is 12.9. The number of H-pyrrole nitrogens is 1. The van der Waals surface area contributed by atoms with Gasteiger partial charge >= 0.3 is 5.97 Å². The number of carboxylic acids is 1. The number of imidazole rings is 1. The maximum absolute atomic E-state index is 12.5. The van der Waals surface area contributed by atoms with E-state index in [2.05, 4.69) is 25.9 Å². The zero-order chi connectivity index (χ0) is 19.7. The number of aromatic nitrogens is 2. The van der Waals surface area contributed by atoms with Crippen molar-refractivity contribution in [3.05, 3.63) is 18.2 Å². The third kappa shape index (κ3) is 6.89. The topological polar surface area (TPSA) is 179 Å². The van der Waals surface area contributed by atoms with Gasteiger partial charge in [0.2, 0.25) is 17.7 Å². The molecule has 0 aliphatic carbocycles. The lowest BCUT2D eigenvalue weighted by Gasteiger charge is -2.23. The highest BCUT2D eigenvalue weighted by Crippen LogP contribution is 2.04. The van der Waals surface area contributed by atoms with Gasteiger partial charge in [-0.2, -0.15) is 0 Å². The molecule has 0 fully saturated rings. The zero-order valence-corrected chi connectivity index (χ0v) is 14.6. The molecule has 144 valence electrons. The van der Waals surface area contributed by atoms with Crippen LogP contribution in [0.5, 0.6) is 0 Å². The Kier molecular flexibility index (Phi) is 8.22. The SMILES string of the molecule is CC(C)C(NC(=O)C(Cc1cnc[nH]1)NC(=O)CNC(=O)CN)C(=O)O. The molecule has 0 aliphatic heterocycles. The molecule has 2 atom stereocenters. The standard InChI is InChI=1S/C15H24N6O5/c1-8(2)13(15(25)26)21-14(24)10(3-9-5-17-7-19-9)20-12(23)6-18-11(22)4-16/h5,7-8,10,13H,3-4,6,16H2,1-2H3,(H,17,19)(H,18,22)(H,20,23)(H,21,24)(H,25,26). The first kappa shape index (κ1) is 21.1. The number of nitrogens with one attached hydrogen (secondary N) is 4. The molecule has 1 aromatic rings. The van der Waals surface area contributed by atoms with Crippen LogP contribution in [-0.2, 0) is 25.6 Å². The summed E-state index contributed by atoms with van der Waals surface area (Å²) in [6, 6.07) is -2.14. The molecule has 0 saturated heterocycles. The van der Waals surface area contributed by atoms with E-state index in [9.17, 15) is 24.3 Å². The van der Waals surface area contributed by atoms with Crippen molar-refractivity contribution >= 4 is 23.7 Å². The molecule has 3 amide bonds. The highest BCUT2D eigenvalue weighted by atomic mass is 16.4. The summed E-state index contributed by atoms with van der Waals surface area (Å²) in [7, 11) is 0. The highest BCUT2D eigenvalue weighted by molar-refractivity contribution is 5.92. The molecule has 11 heteroatoms. The van der Waals surface area contributed by atoms with Gasteiger partial charge in [-0.3, -0.25) is 14.4 Å². The van der Waals surface area contributed by atoms with E-state index in [1.807, 2.05) is 0 Å². The van der Waals surface area contributed by atoms with Crippen LogP contribution in [0.4, 0.5) is 0 Å². The molecule has 1 heterocycles. The molecule has 7 N–H and O–H groups in total. The molecule has 0 spiro atoms. The summed E-state index contributed by atoms with van der Waals surface area (Å²) in [5.74, 6) is -3.29. The number of amides is 3. The molecule has 0 saturated carbocycles. The van der Waals surface area contributed by atoms with Crippen LogP contribution >= 0.6 is 0 Å². The lowest BCUT2D eigenvalue weighted by molar-refractivity contribution is -0.143. The number of aliphatic carboxylic acids is 1. The van der Waals surface area contributed by atoms with Crippen molar-refractivity contribution in [2.24, 2.45) is 11.7 Å². The van der Waals surface area contributed by atoms with Gasteiger partial charge in [0.25, 0.3) is 0 Å². The Morgan fingerprint density at radius 2 is 1.92 bits per heavy atom. The summed E-state index contributed by atoms with van der Waals surface area (Å²) < 4.78 is 0. The van der Waals surface area contributed by atoms with Crippen LogP contribution in [0.15, 0.2) is 12.5 Å². The van der Waals surface area contributed by atoms with Gasteiger partial charge < -0.3 is 31.8 Å². The minimum Gasteiger partial charge on any atom is -0.480 e. The average molecular weight is 368 g/mol. The van der Waals surface area contributed by atoms with E-state index >= 15 is 0 Å². The van der Waals surface area contributed by atoms with Crippen LogP contribution in [0.3, 0.4) is 0 Å². The van der Waals surface area contributed by atoms with E-state index in [4.69, 9.17) is 5.73 Å².